The quantitative estimate of drug-likeness (QED) is 0.392. The molecular formula is C34H45NO6. The Bertz CT molecular complexity index is 1330. The summed E-state index contributed by atoms with van der Waals surface area (Å²) in [6, 6.07) is 2.11. The first-order valence-electron chi connectivity index (χ1n) is 15.1. The van der Waals surface area contributed by atoms with E-state index in [2.05, 4.69) is 33.8 Å². The van der Waals surface area contributed by atoms with E-state index in [0.717, 1.165) is 37.7 Å². The molecule has 0 aromatic carbocycles. The van der Waals surface area contributed by atoms with Crippen LogP contribution in [0.1, 0.15) is 92.9 Å². The summed E-state index contributed by atoms with van der Waals surface area (Å²) in [5, 5.41) is 10.0. The van der Waals surface area contributed by atoms with E-state index in [-0.39, 0.29) is 52.7 Å². The van der Waals surface area contributed by atoms with Gasteiger partial charge in [-0.05, 0) is 79.1 Å². The molecule has 8 atom stereocenters. The number of carbonyl (C=O) groups is 4. The van der Waals surface area contributed by atoms with E-state index in [1.165, 1.54) is 14.2 Å². The van der Waals surface area contributed by atoms with Crippen LogP contribution < -0.4 is 0 Å². The minimum absolute atomic E-state index is 0.0130. The maximum atomic E-state index is 14.5. The number of rotatable bonds is 3. The maximum Gasteiger partial charge on any atom is 0.312 e. The van der Waals surface area contributed by atoms with Crippen molar-refractivity contribution in [3.63, 3.8) is 0 Å². The van der Waals surface area contributed by atoms with Gasteiger partial charge in [0, 0.05) is 16.7 Å². The van der Waals surface area contributed by atoms with Crippen molar-refractivity contribution in [3.05, 3.63) is 23.3 Å². The average Bonchev–Trinajstić information content (AvgIpc) is 2.91. The highest BCUT2D eigenvalue weighted by atomic mass is 16.5. The second-order valence-corrected chi connectivity index (χ2v) is 15.4. The molecule has 5 aliphatic carbocycles. The topological polar surface area (TPSA) is 111 Å². The second kappa shape index (κ2) is 9.12. The Kier molecular flexibility index (Phi) is 6.62. The predicted molar refractivity (Wildman–Crippen MR) is 152 cm³/mol. The smallest absolute Gasteiger partial charge is 0.312 e. The summed E-state index contributed by atoms with van der Waals surface area (Å²) in [6.45, 7) is 12.8. The predicted octanol–water partition coefficient (Wildman–Crippen LogP) is 5.92. The number of nitriles is 1. The van der Waals surface area contributed by atoms with Crippen molar-refractivity contribution in [3.8, 4) is 6.07 Å². The summed E-state index contributed by atoms with van der Waals surface area (Å²) >= 11 is 0. The Hall–Kier alpha value is -2.75. The van der Waals surface area contributed by atoms with Gasteiger partial charge in [0.1, 0.15) is 6.07 Å². The van der Waals surface area contributed by atoms with Crippen LogP contribution in [0.25, 0.3) is 0 Å². The molecule has 3 fully saturated rings. The number of ketones is 2. The molecule has 3 saturated carbocycles. The van der Waals surface area contributed by atoms with Crippen LogP contribution in [0.15, 0.2) is 23.3 Å². The van der Waals surface area contributed by atoms with Crippen LogP contribution in [0.3, 0.4) is 0 Å². The first-order valence-corrected chi connectivity index (χ1v) is 15.1. The minimum Gasteiger partial charge on any atom is -0.469 e. The fourth-order valence-electron chi connectivity index (χ4n) is 10.6. The summed E-state index contributed by atoms with van der Waals surface area (Å²) in [5.74, 6) is -1.67. The normalized spacial score (nSPS) is 44.5. The van der Waals surface area contributed by atoms with Gasteiger partial charge in [0.25, 0.3) is 0 Å². The molecule has 0 amide bonds. The number of methoxy groups -OCH3 is 2. The third-order valence-corrected chi connectivity index (χ3v) is 13.0. The summed E-state index contributed by atoms with van der Waals surface area (Å²) in [7, 11) is 2.77. The summed E-state index contributed by atoms with van der Waals surface area (Å²) in [6.07, 6.45) is 8.75. The zero-order chi connectivity index (χ0) is 30.4. The minimum atomic E-state index is -1.12. The van der Waals surface area contributed by atoms with Crippen molar-refractivity contribution in [2.24, 2.45) is 50.2 Å². The van der Waals surface area contributed by atoms with Crippen molar-refractivity contribution in [2.45, 2.75) is 92.9 Å². The Labute approximate surface area is 244 Å². The molecule has 5 aliphatic rings. The number of carbonyl (C=O) groups excluding carboxylic acids is 4. The van der Waals surface area contributed by atoms with Crippen molar-refractivity contribution >= 4 is 23.5 Å². The lowest BCUT2D eigenvalue weighted by Gasteiger charge is -2.68. The molecule has 0 unspecified atom stereocenters. The molecule has 0 bridgehead atoms. The van der Waals surface area contributed by atoms with Crippen molar-refractivity contribution in [1.82, 2.24) is 0 Å². The molecule has 0 aliphatic heterocycles. The molecule has 5 rings (SSSR count). The third-order valence-electron chi connectivity index (χ3n) is 13.0. The highest BCUT2D eigenvalue weighted by Gasteiger charge is 2.71. The lowest BCUT2D eigenvalue weighted by molar-refractivity contribution is -0.191. The van der Waals surface area contributed by atoms with E-state index in [1.54, 1.807) is 13.0 Å². The maximum absolute atomic E-state index is 14.5. The molecule has 7 nitrogen and oxygen atoms in total. The first-order chi connectivity index (χ1) is 19.0. The van der Waals surface area contributed by atoms with Crippen LogP contribution in [0.4, 0.5) is 0 Å². The van der Waals surface area contributed by atoms with E-state index in [4.69, 9.17) is 9.47 Å². The molecule has 41 heavy (non-hydrogen) atoms. The van der Waals surface area contributed by atoms with E-state index in [1.807, 2.05) is 13.0 Å². The van der Waals surface area contributed by atoms with E-state index >= 15 is 0 Å². The number of nitrogens with zero attached hydrogens (tertiary/aromatic N) is 1. The van der Waals surface area contributed by atoms with Gasteiger partial charge in [0.2, 0.25) is 0 Å². The molecule has 0 heterocycles. The molecule has 0 spiro atoms. The van der Waals surface area contributed by atoms with Crippen LogP contribution in [-0.2, 0) is 28.7 Å². The highest BCUT2D eigenvalue weighted by Crippen LogP contribution is 2.74. The van der Waals surface area contributed by atoms with E-state index < -0.39 is 33.0 Å². The Morgan fingerprint density at radius 2 is 1.63 bits per heavy atom. The van der Waals surface area contributed by atoms with Gasteiger partial charge >= 0.3 is 11.9 Å². The summed E-state index contributed by atoms with van der Waals surface area (Å²) in [5.41, 5.74) is -2.34. The number of hydrogen-bond acceptors (Lipinski definition) is 7. The van der Waals surface area contributed by atoms with Crippen LogP contribution in [0.2, 0.25) is 0 Å². The Morgan fingerprint density at radius 3 is 2.24 bits per heavy atom. The number of fused-ring (bicyclic) bond motifs is 7. The van der Waals surface area contributed by atoms with Gasteiger partial charge in [-0.25, -0.2) is 0 Å². The lowest BCUT2D eigenvalue weighted by atomic mass is 9.34. The summed E-state index contributed by atoms with van der Waals surface area (Å²) < 4.78 is 10.4. The molecule has 0 radical (unpaired) electrons. The number of Topliss-reactive ketones (excluding diaryl/α,β-unsaturated/α-hetero) is 1. The van der Waals surface area contributed by atoms with E-state index in [0.29, 0.717) is 12.8 Å². The van der Waals surface area contributed by atoms with Gasteiger partial charge in [-0.2, -0.15) is 5.26 Å². The molecule has 7 heteroatoms. The number of allylic oxidation sites excluding steroid dienone is 4. The van der Waals surface area contributed by atoms with Gasteiger partial charge in [0.05, 0.1) is 31.6 Å². The van der Waals surface area contributed by atoms with Crippen LogP contribution in [-0.4, -0.2) is 37.7 Å². The number of ether oxygens (including phenoxy) is 2. The number of esters is 2. The highest BCUT2D eigenvalue weighted by molar-refractivity contribution is 6.06. The lowest BCUT2D eigenvalue weighted by Crippen LogP contribution is -2.66. The zero-order valence-electron chi connectivity index (χ0n) is 25.9. The third kappa shape index (κ3) is 3.74. The van der Waals surface area contributed by atoms with Gasteiger partial charge in [-0.3, -0.25) is 19.2 Å². The van der Waals surface area contributed by atoms with Crippen molar-refractivity contribution in [1.29, 1.82) is 5.26 Å². The van der Waals surface area contributed by atoms with Crippen LogP contribution in [0.5, 0.6) is 0 Å². The fourth-order valence-corrected chi connectivity index (χ4v) is 10.6. The largest absolute Gasteiger partial charge is 0.469 e. The standard InChI is InChI=1S/C34H45NO6/c1-29(2)11-13-34(28(39)41-8)14-12-33(6)26(21(34)17-29)22(36)15-24-30(3)16-20(19-35)27(38)31(4,18-25(37)40-7)23(30)9-10-32(24,33)5/h15-16,21,23,26H,9-14,17-18H2,1-8H3/t21-,23+,26-,30-,31-,32+,33+,34-/m0/s1. The van der Waals surface area contributed by atoms with Crippen molar-refractivity contribution < 1.29 is 28.7 Å². The number of hydrogen-bond donors (Lipinski definition) is 0. The van der Waals surface area contributed by atoms with Gasteiger partial charge in [-0.15, -0.1) is 0 Å². The van der Waals surface area contributed by atoms with Gasteiger partial charge in [0.15, 0.2) is 11.6 Å². The second-order valence-electron chi connectivity index (χ2n) is 15.4. The molecule has 222 valence electrons. The summed E-state index contributed by atoms with van der Waals surface area (Å²) in [4.78, 5) is 54.2. The molecule has 0 aromatic heterocycles. The average molecular weight is 564 g/mol. The van der Waals surface area contributed by atoms with E-state index in [9.17, 15) is 24.4 Å². The molecule has 0 N–H and O–H groups in total. The van der Waals surface area contributed by atoms with Gasteiger partial charge in [-0.1, -0.05) is 53.2 Å². The Morgan fingerprint density at radius 1 is 0.976 bits per heavy atom. The van der Waals surface area contributed by atoms with Gasteiger partial charge < -0.3 is 9.47 Å². The van der Waals surface area contributed by atoms with Crippen molar-refractivity contribution in [2.75, 3.05) is 14.2 Å². The zero-order valence-corrected chi connectivity index (χ0v) is 25.9. The molecular weight excluding hydrogens is 518 g/mol. The molecule has 0 aromatic rings. The SMILES string of the molecule is COC(=O)C[C@]1(C)C(=O)C(C#N)=C[C@]2(C)C3=CC(=O)[C@@H]4[C@@H]5CC(C)(C)CC[C@]5(C(=O)OC)CC[C@@]4(C)[C@]3(C)CC[C@H]21. The monoisotopic (exact) mass is 563 g/mol. The van der Waals surface area contributed by atoms with Crippen LogP contribution >= 0.6 is 0 Å². The van der Waals surface area contributed by atoms with Crippen LogP contribution in [0, 0.1) is 61.6 Å². The fraction of sp³-hybridized carbons (Fsp3) is 0.735. The Balaban J connectivity index is 1.69. The first kappa shape index (κ1) is 29.7. The molecule has 0 saturated heterocycles.